The number of thioether (sulfide) groups is 1. The molecule has 0 N–H and O–H groups in total. The normalized spacial score (nSPS) is 8.60. The second kappa shape index (κ2) is 5.49. The zero-order valence-electron chi connectivity index (χ0n) is 5.75. The van der Waals surface area contributed by atoms with E-state index in [0.717, 1.165) is 11.8 Å². The maximum Gasteiger partial charge on any atom is 0.375 e. The van der Waals surface area contributed by atoms with Gasteiger partial charge in [0.2, 0.25) is 4.38 Å². The van der Waals surface area contributed by atoms with Gasteiger partial charge in [-0.2, -0.15) is 0 Å². The zero-order chi connectivity index (χ0) is 7.98. The number of thiocarbonyl (C=S) groups is 1. The summed E-state index contributed by atoms with van der Waals surface area (Å²) in [4.78, 5) is 10.5. The first kappa shape index (κ1) is 9.71. The Kier molecular flexibility index (Phi) is 5.33. The van der Waals surface area contributed by atoms with Crippen LogP contribution in [0, 0.1) is 0 Å². The fraction of sp³-hybridized carbons (Fsp3) is 0.600. The van der Waals surface area contributed by atoms with Gasteiger partial charge in [-0.25, -0.2) is 4.79 Å². The molecule has 5 heteroatoms. The Labute approximate surface area is 69.1 Å². The molecule has 3 nitrogen and oxygen atoms in total. The summed E-state index contributed by atoms with van der Waals surface area (Å²) in [7, 11) is 1.30. The Bertz CT molecular complexity index is 135. The molecule has 0 aromatic rings. The van der Waals surface area contributed by atoms with Crippen LogP contribution in [-0.4, -0.2) is 23.4 Å². The quantitative estimate of drug-likeness (QED) is 0.454. The smallest absolute Gasteiger partial charge is 0.375 e. The van der Waals surface area contributed by atoms with Crippen LogP contribution in [0.4, 0.5) is 4.79 Å². The standard InChI is InChI=1S/C5H8O3S2/c1-3-8-5(9)10-4(6)7-2/h3H2,1-2H3. The molecule has 0 saturated carbocycles. The van der Waals surface area contributed by atoms with Crippen molar-refractivity contribution in [1.29, 1.82) is 0 Å². The van der Waals surface area contributed by atoms with Gasteiger partial charge in [-0.15, -0.1) is 0 Å². The Balaban J connectivity index is 3.47. The lowest BCUT2D eigenvalue weighted by Crippen LogP contribution is -2.01. The Morgan fingerprint density at radius 2 is 2.30 bits per heavy atom. The number of ether oxygens (including phenoxy) is 2. The molecule has 0 aliphatic heterocycles. The molecule has 0 radical (unpaired) electrons. The summed E-state index contributed by atoms with van der Waals surface area (Å²) in [5.74, 6) is 0. The molecule has 0 spiro atoms. The lowest BCUT2D eigenvalue weighted by molar-refractivity contribution is 0.200. The number of hydrogen-bond acceptors (Lipinski definition) is 5. The number of hydrogen-bond donors (Lipinski definition) is 0. The van der Waals surface area contributed by atoms with Crippen molar-refractivity contribution >= 4 is 33.7 Å². The van der Waals surface area contributed by atoms with Gasteiger partial charge in [0, 0.05) is 11.8 Å². The van der Waals surface area contributed by atoms with E-state index >= 15 is 0 Å². The van der Waals surface area contributed by atoms with Crippen LogP contribution < -0.4 is 0 Å². The Morgan fingerprint density at radius 3 is 2.70 bits per heavy atom. The van der Waals surface area contributed by atoms with Crippen molar-refractivity contribution in [2.75, 3.05) is 13.7 Å². The Hall–Kier alpha value is -0.290. The van der Waals surface area contributed by atoms with Crippen LogP contribution >= 0.6 is 24.0 Å². The predicted octanol–water partition coefficient (Wildman–Crippen LogP) is 1.81. The summed E-state index contributed by atoms with van der Waals surface area (Å²) < 4.78 is 9.33. The molecule has 0 amide bonds. The number of carbonyl (C=O) groups excluding carboxylic acids is 1. The summed E-state index contributed by atoms with van der Waals surface area (Å²) in [6.07, 6.45) is 0. The molecular weight excluding hydrogens is 172 g/mol. The minimum atomic E-state index is -0.446. The molecular formula is C5H8O3S2. The third-order valence-electron chi connectivity index (χ3n) is 0.596. The first-order valence-electron chi connectivity index (χ1n) is 2.63. The topological polar surface area (TPSA) is 35.5 Å². The monoisotopic (exact) mass is 180 g/mol. The number of methoxy groups -OCH3 is 1. The van der Waals surface area contributed by atoms with E-state index in [1.807, 2.05) is 0 Å². The minimum Gasteiger partial charge on any atom is -0.478 e. The van der Waals surface area contributed by atoms with Crippen LogP contribution in [0.15, 0.2) is 0 Å². The molecule has 0 fully saturated rings. The third kappa shape index (κ3) is 4.58. The molecule has 0 aliphatic rings. The van der Waals surface area contributed by atoms with Gasteiger partial charge in [-0.3, -0.25) is 0 Å². The van der Waals surface area contributed by atoms with E-state index in [9.17, 15) is 4.79 Å². The van der Waals surface area contributed by atoms with Crippen molar-refractivity contribution in [3.8, 4) is 0 Å². The van der Waals surface area contributed by atoms with E-state index in [4.69, 9.17) is 4.74 Å². The zero-order valence-corrected chi connectivity index (χ0v) is 7.38. The highest BCUT2D eigenvalue weighted by Crippen LogP contribution is 2.08. The van der Waals surface area contributed by atoms with Gasteiger partial charge in [-0.1, -0.05) is 0 Å². The first-order chi connectivity index (χ1) is 4.70. The van der Waals surface area contributed by atoms with Crippen molar-refractivity contribution in [2.45, 2.75) is 6.92 Å². The van der Waals surface area contributed by atoms with Gasteiger partial charge in [0.25, 0.3) is 0 Å². The fourth-order valence-corrected chi connectivity index (χ4v) is 0.975. The van der Waals surface area contributed by atoms with Crippen molar-refractivity contribution in [2.24, 2.45) is 0 Å². The number of rotatable bonds is 1. The average Bonchev–Trinajstić information content (AvgIpc) is 1.88. The van der Waals surface area contributed by atoms with Gasteiger partial charge < -0.3 is 9.47 Å². The fourth-order valence-electron chi connectivity index (χ4n) is 0.257. The Morgan fingerprint density at radius 1 is 1.70 bits per heavy atom. The lowest BCUT2D eigenvalue weighted by Gasteiger charge is -2.00. The minimum absolute atomic E-state index is 0.203. The predicted molar refractivity (Wildman–Crippen MR) is 44.2 cm³/mol. The van der Waals surface area contributed by atoms with Crippen LogP contribution in [0.25, 0.3) is 0 Å². The molecule has 0 rings (SSSR count). The highest BCUT2D eigenvalue weighted by atomic mass is 32.2. The van der Waals surface area contributed by atoms with Crippen LogP contribution in [-0.2, 0) is 9.47 Å². The maximum absolute atomic E-state index is 10.5. The maximum atomic E-state index is 10.5. The molecule has 10 heavy (non-hydrogen) atoms. The molecule has 0 aliphatic carbocycles. The third-order valence-corrected chi connectivity index (χ3v) is 1.58. The SMILES string of the molecule is CCOC(=S)SC(=O)OC. The van der Waals surface area contributed by atoms with Crippen LogP contribution in [0.5, 0.6) is 0 Å². The average molecular weight is 180 g/mol. The van der Waals surface area contributed by atoms with E-state index in [1.165, 1.54) is 7.11 Å². The van der Waals surface area contributed by atoms with Crippen molar-refractivity contribution in [3.05, 3.63) is 0 Å². The molecule has 58 valence electrons. The van der Waals surface area contributed by atoms with Gasteiger partial charge >= 0.3 is 5.30 Å². The van der Waals surface area contributed by atoms with Crippen molar-refractivity contribution < 1.29 is 14.3 Å². The second-order valence-corrected chi connectivity index (χ2v) is 2.78. The second-order valence-electron chi connectivity index (χ2n) is 1.24. The summed E-state index contributed by atoms with van der Waals surface area (Å²) >= 11 is 5.41. The summed E-state index contributed by atoms with van der Waals surface area (Å²) in [5.41, 5.74) is 0. The molecule has 0 bridgehead atoms. The first-order valence-corrected chi connectivity index (χ1v) is 3.85. The van der Waals surface area contributed by atoms with Crippen molar-refractivity contribution in [3.63, 3.8) is 0 Å². The lowest BCUT2D eigenvalue weighted by atomic mass is 10.9. The van der Waals surface area contributed by atoms with E-state index in [-0.39, 0.29) is 4.38 Å². The molecule has 0 saturated heterocycles. The molecule has 0 unspecified atom stereocenters. The molecule has 0 atom stereocenters. The summed E-state index contributed by atoms with van der Waals surface area (Å²) in [5, 5.41) is -0.446. The van der Waals surface area contributed by atoms with Gasteiger partial charge in [0.1, 0.15) is 0 Å². The van der Waals surface area contributed by atoms with E-state index < -0.39 is 5.30 Å². The molecule has 0 heterocycles. The molecule has 0 aromatic heterocycles. The highest BCUT2D eigenvalue weighted by Gasteiger charge is 2.05. The summed E-state index contributed by atoms with van der Waals surface area (Å²) in [6.45, 7) is 2.27. The largest absolute Gasteiger partial charge is 0.478 e. The number of carbonyl (C=O) groups is 1. The van der Waals surface area contributed by atoms with Gasteiger partial charge in [0.05, 0.1) is 13.7 Å². The van der Waals surface area contributed by atoms with E-state index in [0.29, 0.717) is 6.61 Å². The highest BCUT2D eigenvalue weighted by molar-refractivity contribution is 8.32. The van der Waals surface area contributed by atoms with Gasteiger partial charge in [-0.05, 0) is 19.1 Å². The van der Waals surface area contributed by atoms with Crippen LogP contribution in [0.1, 0.15) is 6.92 Å². The van der Waals surface area contributed by atoms with Crippen LogP contribution in [0.3, 0.4) is 0 Å². The van der Waals surface area contributed by atoms with E-state index in [2.05, 4.69) is 17.0 Å². The summed E-state index contributed by atoms with van der Waals surface area (Å²) in [6, 6.07) is 0. The van der Waals surface area contributed by atoms with Crippen LogP contribution in [0.2, 0.25) is 0 Å². The van der Waals surface area contributed by atoms with Gasteiger partial charge in [0.15, 0.2) is 0 Å². The molecule has 0 aromatic carbocycles. The van der Waals surface area contributed by atoms with E-state index in [1.54, 1.807) is 6.92 Å². The van der Waals surface area contributed by atoms with Crippen molar-refractivity contribution in [1.82, 2.24) is 0 Å².